The van der Waals surface area contributed by atoms with Gasteiger partial charge in [-0.1, -0.05) is 31.2 Å². The Morgan fingerprint density at radius 2 is 1.75 bits per heavy atom. The minimum atomic E-state index is -0.981. The first kappa shape index (κ1) is 16.4. The third kappa shape index (κ3) is 5.13. The highest BCUT2D eigenvalue weighted by Gasteiger charge is 2.26. The van der Waals surface area contributed by atoms with Crippen molar-refractivity contribution in [1.29, 1.82) is 0 Å². The van der Waals surface area contributed by atoms with Crippen LogP contribution in [0, 0.1) is 0 Å². The molecule has 0 aliphatic rings. The fraction of sp³-hybridized carbons (Fsp3) is 0.500. The van der Waals surface area contributed by atoms with Crippen molar-refractivity contribution in [2.24, 2.45) is 0 Å². The van der Waals surface area contributed by atoms with E-state index in [1.165, 1.54) is 0 Å². The number of rotatable bonds is 6. The number of ketones is 1. The summed E-state index contributed by atoms with van der Waals surface area (Å²) in [6, 6.07) is 6.63. The number of carbonyl (C=O) groups excluding carboxylic acids is 1. The zero-order valence-electron chi connectivity index (χ0n) is 12.6. The molecule has 0 aliphatic carbocycles. The number of aryl methyl sites for hydroxylation is 1. The lowest BCUT2D eigenvalue weighted by Gasteiger charge is -2.27. The number of hydrogen-bond donors (Lipinski definition) is 2. The highest BCUT2D eigenvalue weighted by atomic mass is 16.4. The number of Topliss-reactive ketones (excluding diaryl/α,β-unsaturated/α-hetero) is 1. The van der Waals surface area contributed by atoms with Crippen LogP contribution >= 0.6 is 0 Å². The van der Waals surface area contributed by atoms with E-state index in [0.29, 0.717) is 5.56 Å². The van der Waals surface area contributed by atoms with Crippen molar-refractivity contribution in [1.82, 2.24) is 5.32 Å². The van der Waals surface area contributed by atoms with E-state index in [9.17, 15) is 9.59 Å². The number of benzene rings is 1. The number of hydrogen-bond acceptors (Lipinski definition) is 3. The van der Waals surface area contributed by atoms with Gasteiger partial charge in [-0.15, -0.1) is 0 Å². The van der Waals surface area contributed by atoms with Crippen LogP contribution < -0.4 is 5.32 Å². The Kier molecular flexibility index (Phi) is 5.45. The molecule has 4 heteroatoms. The lowest BCUT2D eigenvalue weighted by molar-refractivity contribution is -0.137. The Hall–Kier alpha value is -1.68. The highest BCUT2D eigenvalue weighted by molar-refractivity contribution is 6.01. The van der Waals surface area contributed by atoms with E-state index >= 15 is 0 Å². The fourth-order valence-electron chi connectivity index (χ4n) is 2.01. The average Bonchev–Trinajstić information content (AvgIpc) is 2.35. The lowest BCUT2D eigenvalue weighted by atomic mass is 9.97. The first-order valence-electron chi connectivity index (χ1n) is 6.85. The first-order chi connectivity index (χ1) is 9.23. The summed E-state index contributed by atoms with van der Waals surface area (Å²) >= 11 is 0. The molecule has 1 aromatic carbocycles. The van der Waals surface area contributed by atoms with Gasteiger partial charge in [-0.2, -0.15) is 0 Å². The Morgan fingerprint density at radius 3 is 2.15 bits per heavy atom. The third-order valence-corrected chi connectivity index (χ3v) is 2.95. The molecule has 0 aliphatic heterocycles. The predicted molar refractivity (Wildman–Crippen MR) is 79.1 cm³/mol. The largest absolute Gasteiger partial charge is 0.481 e. The van der Waals surface area contributed by atoms with Crippen LogP contribution in [0.3, 0.4) is 0 Å². The van der Waals surface area contributed by atoms with Gasteiger partial charge in [0.1, 0.15) is 0 Å². The van der Waals surface area contributed by atoms with Crippen LogP contribution in [0.5, 0.6) is 0 Å². The molecule has 4 nitrogen and oxygen atoms in total. The Labute approximate surface area is 120 Å². The summed E-state index contributed by atoms with van der Waals surface area (Å²) < 4.78 is 0. The molecule has 0 fully saturated rings. The Balaban J connectivity index is 2.93. The van der Waals surface area contributed by atoms with E-state index in [4.69, 9.17) is 5.11 Å². The van der Waals surface area contributed by atoms with Crippen LogP contribution in [0.25, 0.3) is 0 Å². The summed E-state index contributed by atoms with van der Waals surface area (Å²) in [7, 11) is 0. The first-order valence-corrected chi connectivity index (χ1v) is 6.85. The molecule has 0 spiro atoms. The number of nitrogens with one attached hydrogen (secondary N) is 1. The van der Waals surface area contributed by atoms with E-state index in [1.807, 2.05) is 39.8 Å². The minimum absolute atomic E-state index is 0.176. The molecule has 0 saturated heterocycles. The number of carboxylic acid groups (broad SMARTS) is 1. The Bertz CT molecular complexity index is 471. The lowest BCUT2D eigenvalue weighted by Crippen LogP contribution is -2.48. The summed E-state index contributed by atoms with van der Waals surface area (Å²) in [5.74, 6) is -1.16. The molecule has 0 radical (unpaired) electrons. The van der Waals surface area contributed by atoms with Crippen molar-refractivity contribution in [2.45, 2.75) is 52.1 Å². The molecule has 2 N–H and O–H groups in total. The minimum Gasteiger partial charge on any atom is -0.481 e. The van der Waals surface area contributed by atoms with Crippen LogP contribution in [0.2, 0.25) is 0 Å². The van der Waals surface area contributed by atoms with Crippen molar-refractivity contribution >= 4 is 11.8 Å². The summed E-state index contributed by atoms with van der Waals surface area (Å²) in [4.78, 5) is 23.4. The van der Waals surface area contributed by atoms with Crippen molar-refractivity contribution in [2.75, 3.05) is 0 Å². The maximum Gasteiger partial charge on any atom is 0.305 e. The molecule has 0 aromatic heterocycles. The van der Waals surface area contributed by atoms with Crippen LogP contribution in [-0.2, 0) is 11.2 Å². The summed E-state index contributed by atoms with van der Waals surface area (Å²) in [5, 5.41) is 12.1. The van der Waals surface area contributed by atoms with Crippen molar-refractivity contribution in [3.05, 3.63) is 35.4 Å². The SMILES string of the molecule is CCc1ccc(C(=O)C(CC(=O)O)NC(C)(C)C)cc1. The van der Waals surface area contributed by atoms with Crippen LogP contribution in [0.4, 0.5) is 0 Å². The standard InChI is InChI=1S/C16H23NO3/c1-5-11-6-8-12(9-7-11)15(20)13(10-14(18)19)17-16(2,3)4/h6-9,13,17H,5,10H2,1-4H3,(H,18,19). The second kappa shape index (κ2) is 6.66. The van der Waals surface area contributed by atoms with Gasteiger partial charge < -0.3 is 10.4 Å². The molecule has 110 valence electrons. The molecular weight excluding hydrogens is 254 g/mol. The number of aliphatic carboxylic acids is 1. The maximum atomic E-state index is 12.4. The number of carbonyl (C=O) groups is 2. The zero-order valence-corrected chi connectivity index (χ0v) is 12.6. The van der Waals surface area contributed by atoms with E-state index in [-0.39, 0.29) is 17.7 Å². The third-order valence-electron chi connectivity index (χ3n) is 2.95. The van der Waals surface area contributed by atoms with Gasteiger partial charge >= 0.3 is 5.97 Å². The average molecular weight is 277 g/mol. The zero-order chi connectivity index (χ0) is 15.3. The van der Waals surface area contributed by atoms with Gasteiger partial charge in [0.2, 0.25) is 0 Å². The quantitative estimate of drug-likeness (QED) is 0.785. The molecule has 1 rings (SSSR count). The summed E-state index contributed by atoms with van der Waals surface area (Å²) in [6.45, 7) is 7.78. The highest BCUT2D eigenvalue weighted by Crippen LogP contribution is 2.12. The van der Waals surface area contributed by atoms with E-state index in [1.54, 1.807) is 12.1 Å². The fourth-order valence-corrected chi connectivity index (χ4v) is 2.01. The van der Waals surface area contributed by atoms with Crippen molar-refractivity contribution in [3.8, 4) is 0 Å². The van der Waals surface area contributed by atoms with E-state index in [2.05, 4.69) is 5.32 Å². The van der Waals surface area contributed by atoms with Gasteiger partial charge in [-0.05, 0) is 32.8 Å². The van der Waals surface area contributed by atoms with E-state index < -0.39 is 12.0 Å². The Morgan fingerprint density at radius 1 is 1.20 bits per heavy atom. The summed E-state index contributed by atoms with van der Waals surface area (Å²) in [5.41, 5.74) is 1.38. The second-order valence-corrected chi connectivity index (χ2v) is 5.96. The molecule has 20 heavy (non-hydrogen) atoms. The molecule has 1 atom stereocenters. The molecular formula is C16H23NO3. The van der Waals surface area contributed by atoms with Crippen LogP contribution in [0.15, 0.2) is 24.3 Å². The van der Waals surface area contributed by atoms with Gasteiger partial charge in [-0.25, -0.2) is 0 Å². The molecule has 0 bridgehead atoms. The van der Waals surface area contributed by atoms with Crippen LogP contribution in [0.1, 0.15) is 50.0 Å². The van der Waals surface area contributed by atoms with Gasteiger partial charge in [0.15, 0.2) is 5.78 Å². The monoisotopic (exact) mass is 277 g/mol. The normalized spacial score (nSPS) is 13.0. The summed E-state index contributed by atoms with van der Waals surface area (Å²) in [6.07, 6.45) is 0.693. The topological polar surface area (TPSA) is 66.4 Å². The van der Waals surface area contributed by atoms with E-state index in [0.717, 1.165) is 12.0 Å². The second-order valence-electron chi connectivity index (χ2n) is 5.96. The van der Waals surface area contributed by atoms with Gasteiger partial charge in [0.05, 0.1) is 12.5 Å². The van der Waals surface area contributed by atoms with Crippen molar-refractivity contribution in [3.63, 3.8) is 0 Å². The molecule has 1 unspecified atom stereocenters. The smallest absolute Gasteiger partial charge is 0.305 e. The molecule has 0 heterocycles. The van der Waals surface area contributed by atoms with Gasteiger partial charge in [-0.3, -0.25) is 9.59 Å². The number of carboxylic acids is 1. The maximum absolute atomic E-state index is 12.4. The van der Waals surface area contributed by atoms with Gasteiger partial charge in [0.25, 0.3) is 0 Å². The van der Waals surface area contributed by atoms with Crippen molar-refractivity contribution < 1.29 is 14.7 Å². The molecule has 1 aromatic rings. The van der Waals surface area contributed by atoms with Gasteiger partial charge in [0, 0.05) is 11.1 Å². The molecule has 0 saturated carbocycles. The van der Waals surface area contributed by atoms with Crippen LogP contribution in [-0.4, -0.2) is 28.4 Å². The predicted octanol–water partition coefficient (Wildman–Crippen LogP) is 2.66. The molecule has 0 amide bonds.